The van der Waals surface area contributed by atoms with Crippen molar-refractivity contribution in [3.63, 3.8) is 0 Å². The molecule has 0 bridgehead atoms. The van der Waals surface area contributed by atoms with Gasteiger partial charge in [0.1, 0.15) is 0 Å². The highest BCUT2D eigenvalue weighted by molar-refractivity contribution is 9.10. The first-order chi connectivity index (χ1) is 10.2. The Balaban J connectivity index is 1.80. The summed E-state index contributed by atoms with van der Waals surface area (Å²) in [6, 6.07) is 16.4. The molecule has 2 aromatic carbocycles. The minimum atomic E-state index is 0.798. The maximum Gasteiger partial charge on any atom is 0.214 e. The van der Waals surface area contributed by atoms with Gasteiger partial charge in [0, 0.05) is 10.2 Å². The topological polar surface area (TPSA) is 43.6 Å². The van der Waals surface area contributed by atoms with E-state index in [1.807, 2.05) is 30.3 Å². The Kier molecular flexibility index (Phi) is 4.36. The van der Waals surface area contributed by atoms with Crippen LogP contribution in [0, 0.1) is 6.92 Å². The van der Waals surface area contributed by atoms with E-state index in [9.17, 15) is 0 Å². The molecule has 3 rings (SSSR count). The zero-order valence-corrected chi connectivity index (χ0v) is 13.8. The lowest BCUT2D eigenvalue weighted by Gasteiger charge is -2.07. The van der Waals surface area contributed by atoms with Gasteiger partial charge in [-0.3, -0.25) is 0 Å². The van der Waals surface area contributed by atoms with Crippen LogP contribution in [0.4, 0.5) is 0 Å². The van der Waals surface area contributed by atoms with Gasteiger partial charge in [0.25, 0.3) is 0 Å². The fraction of sp³-hybridized carbons (Fsp3) is 0.133. The predicted octanol–water partition coefficient (Wildman–Crippen LogP) is 4.03. The SMILES string of the molecule is Cc1ccccc1-n1nnnc1SCc1ccc(Br)cc1. The molecule has 0 aliphatic carbocycles. The van der Waals surface area contributed by atoms with Gasteiger partial charge in [-0.05, 0) is 46.7 Å². The Labute approximate surface area is 135 Å². The second-order valence-corrected chi connectivity index (χ2v) is 6.43. The molecule has 0 aliphatic heterocycles. The van der Waals surface area contributed by atoms with Crippen LogP contribution < -0.4 is 0 Å². The molecule has 0 N–H and O–H groups in total. The molecule has 0 radical (unpaired) electrons. The standard InChI is InChI=1S/C15H13BrN4S/c1-11-4-2-3-5-14(11)20-15(17-18-19-20)21-10-12-6-8-13(16)9-7-12/h2-9H,10H2,1H3. The van der Waals surface area contributed by atoms with Crippen molar-refractivity contribution in [3.8, 4) is 5.69 Å². The molecule has 0 amide bonds. The van der Waals surface area contributed by atoms with Crippen molar-refractivity contribution in [3.05, 3.63) is 64.1 Å². The van der Waals surface area contributed by atoms with Crippen LogP contribution in [0.25, 0.3) is 5.69 Å². The van der Waals surface area contributed by atoms with E-state index in [1.54, 1.807) is 16.4 Å². The van der Waals surface area contributed by atoms with Crippen molar-refractivity contribution in [2.75, 3.05) is 0 Å². The molecule has 21 heavy (non-hydrogen) atoms. The van der Waals surface area contributed by atoms with Crippen molar-refractivity contribution >= 4 is 27.7 Å². The Morgan fingerprint density at radius 1 is 1.10 bits per heavy atom. The highest BCUT2D eigenvalue weighted by Crippen LogP contribution is 2.24. The first-order valence-electron chi connectivity index (χ1n) is 6.45. The normalized spacial score (nSPS) is 10.8. The molecule has 0 aliphatic rings. The summed E-state index contributed by atoms with van der Waals surface area (Å²) in [4.78, 5) is 0. The van der Waals surface area contributed by atoms with E-state index in [0.717, 1.165) is 26.6 Å². The number of aromatic nitrogens is 4. The Bertz CT molecular complexity index is 739. The van der Waals surface area contributed by atoms with Gasteiger partial charge in [0.15, 0.2) is 0 Å². The van der Waals surface area contributed by atoms with Gasteiger partial charge in [0.05, 0.1) is 5.69 Å². The molecule has 106 valence electrons. The number of thioether (sulfide) groups is 1. The minimum absolute atomic E-state index is 0.798. The van der Waals surface area contributed by atoms with Crippen LogP contribution in [0.15, 0.2) is 58.2 Å². The number of tetrazole rings is 1. The van der Waals surface area contributed by atoms with Crippen LogP contribution in [0.5, 0.6) is 0 Å². The van der Waals surface area contributed by atoms with Crippen LogP contribution in [-0.4, -0.2) is 20.2 Å². The molecule has 0 fully saturated rings. The molecule has 4 nitrogen and oxygen atoms in total. The molecule has 3 aromatic rings. The van der Waals surface area contributed by atoms with Gasteiger partial charge in [-0.2, -0.15) is 4.68 Å². The molecule has 0 atom stereocenters. The highest BCUT2D eigenvalue weighted by Gasteiger charge is 2.10. The summed E-state index contributed by atoms with van der Waals surface area (Å²) in [6.07, 6.45) is 0. The van der Waals surface area contributed by atoms with E-state index in [1.165, 1.54) is 5.56 Å². The van der Waals surface area contributed by atoms with E-state index in [4.69, 9.17) is 0 Å². The number of nitrogens with zero attached hydrogens (tertiary/aromatic N) is 4. The van der Waals surface area contributed by atoms with Crippen LogP contribution in [0.3, 0.4) is 0 Å². The van der Waals surface area contributed by atoms with Crippen molar-refractivity contribution in [1.82, 2.24) is 20.2 Å². The molecule has 0 saturated heterocycles. The Morgan fingerprint density at radius 3 is 2.62 bits per heavy atom. The quantitative estimate of drug-likeness (QED) is 0.659. The number of hydrogen-bond acceptors (Lipinski definition) is 4. The van der Waals surface area contributed by atoms with Gasteiger partial charge < -0.3 is 0 Å². The van der Waals surface area contributed by atoms with Crippen molar-refractivity contribution in [1.29, 1.82) is 0 Å². The molecular formula is C15H13BrN4S. The largest absolute Gasteiger partial charge is 0.214 e. The second kappa shape index (κ2) is 6.41. The molecule has 1 heterocycles. The van der Waals surface area contributed by atoms with Crippen LogP contribution in [0.2, 0.25) is 0 Å². The average molecular weight is 361 g/mol. The summed E-state index contributed by atoms with van der Waals surface area (Å²) in [5.41, 5.74) is 3.40. The monoisotopic (exact) mass is 360 g/mol. The lowest BCUT2D eigenvalue weighted by atomic mass is 10.2. The molecule has 0 unspecified atom stereocenters. The summed E-state index contributed by atoms with van der Waals surface area (Å²) >= 11 is 5.07. The van der Waals surface area contributed by atoms with Crippen LogP contribution in [0.1, 0.15) is 11.1 Å². The number of rotatable bonds is 4. The van der Waals surface area contributed by atoms with Gasteiger partial charge >= 0.3 is 0 Å². The van der Waals surface area contributed by atoms with E-state index in [2.05, 4.69) is 56.6 Å². The molecular weight excluding hydrogens is 348 g/mol. The maximum absolute atomic E-state index is 4.12. The minimum Gasteiger partial charge on any atom is -0.187 e. The number of aryl methyl sites for hydroxylation is 1. The smallest absolute Gasteiger partial charge is 0.187 e. The van der Waals surface area contributed by atoms with Gasteiger partial charge in [-0.1, -0.05) is 58.0 Å². The molecule has 0 saturated carbocycles. The lowest BCUT2D eigenvalue weighted by molar-refractivity contribution is 0.752. The van der Waals surface area contributed by atoms with Crippen LogP contribution >= 0.6 is 27.7 Å². The predicted molar refractivity (Wildman–Crippen MR) is 87.6 cm³/mol. The van der Waals surface area contributed by atoms with Crippen molar-refractivity contribution in [2.24, 2.45) is 0 Å². The van der Waals surface area contributed by atoms with E-state index >= 15 is 0 Å². The number of benzene rings is 2. The van der Waals surface area contributed by atoms with E-state index < -0.39 is 0 Å². The highest BCUT2D eigenvalue weighted by atomic mass is 79.9. The zero-order valence-electron chi connectivity index (χ0n) is 11.4. The van der Waals surface area contributed by atoms with Gasteiger partial charge in [-0.25, -0.2) is 0 Å². The Morgan fingerprint density at radius 2 is 1.86 bits per heavy atom. The average Bonchev–Trinajstić information content (AvgIpc) is 2.95. The molecule has 0 spiro atoms. The molecule has 6 heteroatoms. The number of halogens is 1. The zero-order chi connectivity index (χ0) is 14.7. The van der Waals surface area contributed by atoms with Crippen molar-refractivity contribution < 1.29 is 0 Å². The third-order valence-corrected chi connectivity index (χ3v) is 4.58. The second-order valence-electron chi connectivity index (χ2n) is 4.57. The van der Waals surface area contributed by atoms with Crippen LogP contribution in [-0.2, 0) is 5.75 Å². The third kappa shape index (κ3) is 3.33. The summed E-state index contributed by atoms with van der Waals surface area (Å²) in [6.45, 7) is 2.06. The lowest BCUT2D eigenvalue weighted by Crippen LogP contribution is -2.01. The summed E-state index contributed by atoms with van der Waals surface area (Å²) < 4.78 is 2.87. The number of para-hydroxylation sites is 1. The maximum atomic E-state index is 4.12. The summed E-state index contributed by atoms with van der Waals surface area (Å²) in [5, 5.41) is 12.8. The van der Waals surface area contributed by atoms with Crippen molar-refractivity contribution in [2.45, 2.75) is 17.8 Å². The van der Waals surface area contributed by atoms with Gasteiger partial charge in [0.2, 0.25) is 5.16 Å². The van der Waals surface area contributed by atoms with E-state index in [0.29, 0.717) is 0 Å². The Hall–Kier alpha value is -1.66. The van der Waals surface area contributed by atoms with E-state index in [-0.39, 0.29) is 0 Å². The molecule has 1 aromatic heterocycles. The first-order valence-corrected chi connectivity index (χ1v) is 8.23. The first kappa shape index (κ1) is 14.3. The third-order valence-electron chi connectivity index (χ3n) is 3.07. The fourth-order valence-electron chi connectivity index (χ4n) is 1.95. The fourth-order valence-corrected chi connectivity index (χ4v) is 3.05. The summed E-state index contributed by atoms with van der Waals surface area (Å²) in [7, 11) is 0. The number of hydrogen-bond donors (Lipinski definition) is 0. The van der Waals surface area contributed by atoms with Gasteiger partial charge in [-0.15, -0.1) is 5.10 Å². The summed E-state index contributed by atoms with van der Waals surface area (Å²) in [5.74, 6) is 0.833.